The summed E-state index contributed by atoms with van der Waals surface area (Å²) in [6.45, 7) is 9.34. The molecule has 0 bridgehead atoms. The van der Waals surface area contributed by atoms with E-state index in [2.05, 4.69) is 26.1 Å². The highest BCUT2D eigenvalue weighted by atomic mass is 16.5. The summed E-state index contributed by atoms with van der Waals surface area (Å²) in [5.41, 5.74) is 0.555. The van der Waals surface area contributed by atoms with Crippen LogP contribution < -0.4 is 5.32 Å². The molecule has 2 nitrogen and oxygen atoms in total. The quantitative estimate of drug-likeness (QED) is 0.780. The lowest BCUT2D eigenvalue weighted by Crippen LogP contribution is -2.42. The van der Waals surface area contributed by atoms with E-state index in [1.54, 1.807) is 0 Å². The molecule has 2 atom stereocenters. The fraction of sp³-hybridized carbons (Fsp3) is 1.00. The number of piperidine rings is 1. The third-order valence-electron chi connectivity index (χ3n) is 4.36. The minimum atomic E-state index is 0.507. The Morgan fingerprint density at radius 1 is 1.12 bits per heavy atom. The van der Waals surface area contributed by atoms with E-state index in [4.69, 9.17) is 4.74 Å². The van der Waals surface area contributed by atoms with Crippen LogP contribution >= 0.6 is 0 Å². The molecule has 16 heavy (non-hydrogen) atoms. The van der Waals surface area contributed by atoms with Gasteiger partial charge < -0.3 is 10.1 Å². The lowest BCUT2D eigenvalue weighted by atomic mass is 9.76. The number of ether oxygens (including phenoxy) is 1. The van der Waals surface area contributed by atoms with Crippen LogP contribution in [0.4, 0.5) is 0 Å². The number of rotatable bonds is 2. The number of hydrogen-bond donors (Lipinski definition) is 1. The van der Waals surface area contributed by atoms with Crippen LogP contribution in [0, 0.1) is 11.3 Å². The molecule has 1 aliphatic carbocycles. The van der Waals surface area contributed by atoms with E-state index in [0.29, 0.717) is 23.5 Å². The molecular weight excluding hydrogens is 198 g/mol. The van der Waals surface area contributed by atoms with E-state index in [9.17, 15) is 0 Å². The lowest BCUT2D eigenvalue weighted by molar-refractivity contribution is -0.0753. The van der Waals surface area contributed by atoms with Crippen molar-refractivity contribution in [3.05, 3.63) is 0 Å². The average Bonchev–Trinajstić information content (AvgIpc) is 2.24. The maximum atomic E-state index is 6.30. The van der Waals surface area contributed by atoms with E-state index in [1.807, 2.05) is 0 Å². The molecule has 0 amide bonds. The van der Waals surface area contributed by atoms with Gasteiger partial charge in [0, 0.05) is 6.54 Å². The molecule has 1 N–H and O–H groups in total. The van der Waals surface area contributed by atoms with Gasteiger partial charge in [0.25, 0.3) is 0 Å². The zero-order valence-electron chi connectivity index (χ0n) is 11.1. The third kappa shape index (κ3) is 3.21. The molecule has 1 saturated heterocycles. The Bertz CT molecular complexity index is 217. The number of hydrogen-bond acceptors (Lipinski definition) is 2. The third-order valence-corrected chi connectivity index (χ3v) is 4.36. The standard InChI is InChI=1S/C14H27NO/c1-11-10-15-9-6-13(11)16-12-4-7-14(2,3)8-5-12/h11-13,15H,4-10H2,1-3H3. The van der Waals surface area contributed by atoms with Crippen molar-refractivity contribution < 1.29 is 4.74 Å². The Morgan fingerprint density at radius 2 is 1.81 bits per heavy atom. The monoisotopic (exact) mass is 225 g/mol. The second-order valence-corrected chi connectivity index (χ2v) is 6.51. The van der Waals surface area contributed by atoms with Gasteiger partial charge in [-0.05, 0) is 50.0 Å². The average molecular weight is 225 g/mol. The Balaban J connectivity index is 1.77. The summed E-state index contributed by atoms with van der Waals surface area (Å²) >= 11 is 0. The summed E-state index contributed by atoms with van der Waals surface area (Å²) in [6.07, 6.45) is 7.44. The van der Waals surface area contributed by atoms with Crippen molar-refractivity contribution in [1.29, 1.82) is 0 Å². The normalized spacial score (nSPS) is 36.2. The SMILES string of the molecule is CC1CNCCC1OC1CCC(C)(C)CC1. The van der Waals surface area contributed by atoms with Gasteiger partial charge in [-0.25, -0.2) is 0 Å². The van der Waals surface area contributed by atoms with E-state index in [1.165, 1.54) is 32.1 Å². The Kier molecular flexibility index (Phi) is 3.91. The molecule has 2 fully saturated rings. The van der Waals surface area contributed by atoms with Crippen LogP contribution in [0.1, 0.15) is 52.9 Å². The molecular formula is C14H27NO. The first-order chi connectivity index (χ1) is 7.57. The topological polar surface area (TPSA) is 21.3 Å². The van der Waals surface area contributed by atoms with Crippen LogP contribution in [0.3, 0.4) is 0 Å². The highest BCUT2D eigenvalue weighted by Crippen LogP contribution is 2.37. The fourth-order valence-corrected chi connectivity index (χ4v) is 2.95. The summed E-state index contributed by atoms with van der Waals surface area (Å²) in [5.74, 6) is 0.684. The summed E-state index contributed by atoms with van der Waals surface area (Å²) in [5, 5.41) is 3.43. The van der Waals surface area contributed by atoms with Crippen molar-refractivity contribution in [2.45, 2.75) is 65.1 Å². The summed E-state index contributed by atoms with van der Waals surface area (Å²) in [4.78, 5) is 0. The van der Waals surface area contributed by atoms with Crippen LogP contribution in [0.25, 0.3) is 0 Å². The lowest BCUT2D eigenvalue weighted by Gasteiger charge is -2.38. The van der Waals surface area contributed by atoms with Gasteiger partial charge in [0.05, 0.1) is 12.2 Å². The van der Waals surface area contributed by atoms with Gasteiger partial charge in [-0.1, -0.05) is 20.8 Å². The molecule has 1 saturated carbocycles. The van der Waals surface area contributed by atoms with E-state index < -0.39 is 0 Å². The first-order valence-electron chi connectivity index (χ1n) is 6.93. The predicted octanol–water partition coefficient (Wildman–Crippen LogP) is 2.97. The van der Waals surface area contributed by atoms with Crippen LogP contribution in [-0.2, 0) is 4.74 Å². The molecule has 2 aliphatic rings. The van der Waals surface area contributed by atoms with Gasteiger partial charge in [-0.3, -0.25) is 0 Å². The van der Waals surface area contributed by atoms with Crippen molar-refractivity contribution in [2.24, 2.45) is 11.3 Å². The van der Waals surface area contributed by atoms with E-state index in [-0.39, 0.29) is 0 Å². The van der Waals surface area contributed by atoms with Crippen molar-refractivity contribution in [1.82, 2.24) is 5.32 Å². The highest BCUT2D eigenvalue weighted by molar-refractivity contribution is 4.82. The Labute approximate surface area is 100 Å². The van der Waals surface area contributed by atoms with E-state index >= 15 is 0 Å². The highest BCUT2D eigenvalue weighted by Gasteiger charge is 2.30. The van der Waals surface area contributed by atoms with Crippen LogP contribution in [-0.4, -0.2) is 25.3 Å². The molecule has 94 valence electrons. The van der Waals surface area contributed by atoms with Crippen molar-refractivity contribution >= 4 is 0 Å². The minimum absolute atomic E-state index is 0.507. The molecule has 2 unspecified atom stereocenters. The molecule has 0 aromatic heterocycles. The molecule has 2 heteroatoms. The fourth-order valence-electron chi connectivity index (χ4n) is 2.95. The summed E-state index contributed by atoms with van der Waals surface area (Å²) in [7, 11) is 0. The van der Waals surface area contributed by atoms with Gasteiger partial charge in [0.15, 0.2) is 0 Å². The van der Waals surface area contributed by atoms with Gasteiger partial charge in [-0.2, -0.15) is 0 Å². The summed E-state index contributed by atoms with van der Waals surface area (Å²) < 4.78 is 6.30. The molecule has 0 aromatic carbocycles. The Morgan fingerprint density at radius 3 is 2.44 bits per heavy atom. The molecule has 0 spiro atoms. The van der Waals surface area contributed by atoms with Crippen molar-refractivity contribution in [3.8, 4) is 0 Å². The van der Waals surface area contributed by atoms with Gasteiger partial charge in [0.2, 0.25) is 0 Å². The maximum absolute atomic E-state index is 6.30. The smallest absolute Gasteiger partial charge is 0.0628 e. The second kappa shape index (κ2) is 5.05. The largest absolute Gasteiger partial charge is 0.375 e. The molecule has 2 rings (SSSR count). The van der Waals surface area contributed by atoms with Crippen molar-refractivity contribution in [3.63, 3.8) is 0 Å². The van der Waals surface area contributed by atoms with Gasteiger partial charge in [0.1, 0.15) is 0 Å². The van der Waals surface area contributed by atoms with Crippen LogP contribution in [0.5, 0.6) is 0 Å². The minimum Gasteiger partial charge on any atom is -0.375 e. The van der Waals surface area contributed by atoms with Gasteiger partial charge in [-0.15, -0.1) is 0 Å². The maximum Gasteiger partial charge on any atom is 0.0628 e. The second-order valence-electron chi connectivity index (χ2n) is 6.51. The van der Waals surface area contributed by atoms with Crippen molar-refractivity contribution in [2.75, 3.05) is 13.1 Å². The molecule has 1 heterocycles. The predicted molar refractivity (Wildman–Crippen MR) is 67.6 cm³/mol. The summed E-state index contributed by atoms with van der Waals surface area (Å²) in [6, 6.07) is 0. The first kappa shape index (κ1) is 12.4. The molecule has 1 aliphatic heterocycles. The van der Waals surface area contributed by atoms with Gasteiger partial charge >= 0.3 is 0 Å². The molecule has 0 aromatic rings. The van der Waals surface area contributed by atoms with Crippen LogP contribution in [0.15, 0.2) is 0 Å². The van der Waals surface area contributed by atoms with Crippen LogP contribution in [0.2, 0.25) is 0 Å². The molecule has 0 radical (unpaired) electrons. The van der Waals surface area contributed by atoms with E-state index in [0.717, 1.165) is 13.1 Å². The Hall–Kier alpha value is -0.0800. The first-order valence-corrected chi connectivity index (χ1v) is 6.93. The zero-order chi connectivity index (χ0) is 11.6. The zero-order valence-corrected chi connectivity index (χ0v) is 11.1. The number of nitrogens with one attached hydrogen (secondary N) is 1.